The Labute approximate surface area is 96.3 Å². The fraction of sp³-hybridized carbons (Fsp3) is 0. The summed E-state index contributed by atoms with van der Waals surface area (Å²) < 4.78 is 5.35. The second-order valence-electron chi connectivity index (χ2n) is 3.66. The molecule has 3 rings (SSSR count). The van der Waals surface area contributed by atoms with Crippen molar-refractivity contribution in [3.63, 3.8) is 0 Å². The van der Waals surface area contributed by atoms with E-state index in [1.54, 1.807) is 18.5 Å². The fourth-order valence-corrected chi connectivity index (χ4v) is 1.78. The number of carbonyl (C=O) groups excluding carboxylic acids is 1. The zero-order chi connectivity index (χ0) is 11.8. The predicted molar refractivity (Wildman–Crippen MR) is 62.3 cm³/mol. The lowest BCUT2D eigenvalue weighted by Gasteiger charge is -1.97. The predicted octanol–water partition coefficient (Wildman–Crippen LogP) is 1.92. The van der Waals surface area contributed by atoms with Crippen molar-refractivity contribution in [2.75, 3.05) is 0 Å². The molecule has 0 bridgehead atoms. The van der Waals surface area contributed by atoms with E-state index in [-0.39, 0.29) is 0 Å². The number of pyridine rings is 1. The smallest absolute Gasteiger partial charge is 0.251 e. The number of nitrogens with zero attached hydrogens (tertiary/aromatic N) is 1. The van der Waals surface area contributed by atoms with Gasteiger partial charge in [0.25, 0.3) is 5.91 Å². The Morgan fingerprint density at radius 3 is 3.06 bits per heavy atom. The molecule has 5 heteroatoms. The largest absolute Gasteiger partial charge is 0.463 e. The van der Waals surface area contributed by atoms with E-state index in [9.17, 15) is 4.79 Å². The number of H-pyrrole nitrogens is 1. The first-order valence-electron chi connectivity index (χ1n) is 5.06. The van der Waals surface area contributed by atoms with E-state index in [0.717, 1.165) is 16.6 Å². The minimum atomic E-state index is -0.501. The van der Waals surface area contributed by atoms with E-state index in [2.05, 4.69) is 9.97 Å². The van der Waals surface area contributed by atoms with Gasteiger partial charge in [-0.15, -0.1) is 0 Å². The molecule has 0 atom stereocenters. The quantitative estimate of drug-likeness (QED) is 0.701. The van der Waals surface area contributed by atoms with Gasteiger partial charge < -0.3 is 15.1 Å². The van der Waals surface area contributed by atoms with Crippen molar-refractivity contribution >= 4 is 16.9 Å². The zero-order valence-corrected chi connectivity index (χ0v) is 8.81. The normalized spacial score (nSPS) is 10.8. The number of fused-ring (bicyclic) bond motifs is 1. The SMILES string of the molecule is NC(=O)c1coc(-c2ccnc3[nH]ccc23)c1. The molecule has 0 spiro atoms. The molecule has 84 valence electrons. The van der Waals surface area contributed by atoms with E-state index in [1.807, 2.05) is 12.1 Å². The monoisotopic (exact) mass is 227 g/mol. The molecule has 0 fully saturated rings. The highest BCUT2D eigenvalue weighted by molar-refractivity contribution is 5.96. The molecule has 3 heterocycles. The number of aromatic amines is 1. The zero-order valence-electron chi connectivity index (χ0n) is 8.81. The Bertz CT molecular complexity index is 696. The molecule has 3 aromatic rings. The van der Waals surface area contributed by atoms with Crippen LogP contribution in [-0.2, 0) is 0 Å². The Hall–Kier alpha value is -2.56. The number of furan rings is 1. The number of nitrogens with two attached hydrogens (primary N) is 1. The average molecular weight is 227 g/mol. The highest BCUT2D eigenvalue weighted by atomic mass is 16.3. The van der Waals surface area contributed by atoms with E-state index in [0.29, 0.717) is 11.3 Å². The Balaban J connectivity index is 2.19. The van der Waals surface area contributed by atoms with Crippen LogP contribution in [0.3, 0.4) is 0 Å². The highest BCUT2D eigenvalue weighted by Gasteiger charge is 2.11. The molecular formula is C12H9N3O2. The molecule has 3 N–H and O–H groups in total. The number of rotatable bonds is 2. The lowest BCUT2D eigenvalue weighted by molar-refractivity contribution is 0.0999. The fourth-order valence-electron chi connectivity index (χ4n) is 1.78. The maximum absolute atomic E-state index is 11.0. The van der Waals surface area contributed by atoms with Gasteiger partial charge in [-0.25, -0.2) is 4.98 Å². The number of hydrogen-bond acceptors (Lipinski definition) is 3. The van der Waals surface area contributed by atoms with Crippen molar-refractivity contribution in [2.45, 2.75) is 0 Å². The number of amides is 1. The van der Waals surface area contributed by atoms with Crippen molar-refractivity contribution in [3.8, 4) is 11.3 Å². The molecule has 0 aromatic carbocycles. The van der Waals surface area contributed by atoms with Crippen LogP contribution >= 0.6 is 0 Å². The van der Waals surface area contributed by atoms with Crippen molar-refractivity contribution < 1.29 is 9.21 Å². The van der Waals surface area contributed by atoms with E-state index >= 15 is 0 Å². The van der Waals surface area contributed by atoms with Gasteiger partial charge in [-0.3, -0.25) is 4.79 Å². The van der Waals surface area contributed by atoms with Gasteiger partial charge in [0.15, 0.2) is 0 Å². The van der Waals surface area contributed by atoms with Crippen LogP contribution in [0.1, 0.15) is 10.4 Å². The third kappa shape index (κ3) is 1.48. The number of hydrogen-bond donors (Lipinski definition) is 2. The first-order valence-corrected chi connectivity index (χ1v) is 5.06. The third-order valence-electron chi connectivity index (χ3n) is 2.61. The number of primary amides is 1. The maximum Gasteiger partial charge on any atom is 0.251 e. The average Bonchev–Trinajstić information content (AvgIpc) is 2.97. The van der Waals surface area contributed by atoms with E-state index < -0.39 is 5.91 Å². The van der Waals surface area contributed by atoms with Crippen LogP contribution in [0, 0.1) is 0 Å². The van der Waals surface area contributed by atoms with Crippen LogP contribution in [0.5, 0.6) is 0 Å². The van der Waals surface area contributed by atoms with Gasteiger partial charge in [-0.05, 0) is 18.2 Å². The van der Waals surface area contributed by atoms with Gasteiger partial charge in [-0.2, -0.15) is 0 Å². The standard InChI is InChI=1S/C12H9N3O2/c13-11(16)7-5-10(17-6-7)8-1-3-14-12-9(8)2-4-15-12/h1-6H,(H2,13,16)(H,14,15). The van der Waals surface area contributed by atoms with Crippen LogP contribution in [0.4, 0.5) is 0 Å². The number of aromatic nitrogens is 2. The molecule has 0 saturated carbocycles. The maximum atomic E-state index is 11.0. The van der Waals surface area contributed by atoms with Gasteiger partial charge in [0.1, 0.15) is 17.7 Å². The lowest BCUT2D eigenvalue weighted by Crippen LogP contribution is -2.09. The first kappa shape index (κ1) is 9.65. The van der Waals surface area contributed by atoms with Gasteiger partial charge >= 0.3 is 0 Å². The van der Waals surface area contributed by atoms with E-state index in [1.165, 1.54) is 6.26 Å². The Morgan fingerprint density at radius 2 is 2.29 bits per heavy atom. The van der Waals surface area contributed by atoms with Gasteiger partial charge in [-0.1, -0.05) is 0 Å². The first-order chi connectivity index (χ1) is 8.25. The molecule has 5 nitrogen and oxygen atoms in total. The van der Waals surface area contributed by atoms with Crippen LogP contribution in [0.2, 0.25) is 0 Å². The summed E-state index contributed by atoms with van der Waals surface area (Å²) in [6.45, 7) is 0. The summed E-state index contributed by atoms with van der Waals surface area (Å²) in [5.41, 5.74) is 7.20. The minimum Gasteiger partial charge on any atom is -0.463 e. The molecule has 0 radical (unpaired) electrons. The van der Waals surface area contributed by atoms with Crippen molar-refractivity contribution in [1.29, 1.82) is 0 Å². The molecule has 17 heavy (non-hydrogen) atoms. The molecular weight excluding hydrogens is 218 g/mol. The van der Waals surface area contributed by atoms with Crippen molar-refractivity contribution in [3.05, 3.63) is 42.4 Å². The van der Waals surface area contributed by atoms with Crippen LogP contribution in [0.25, 0.3) is 22.4 Å². The summed E-state index contributed by atoms with van der Waals surface area (Å²) in [5.74, 6) is 0.102. The third-order valence-corrected chi connectivity index (χ3v) is 2.61. The van der Waals surface area contributed by atoms with Crippen LogP contribution in [0.15, 0.2) is 41.3 Å². The summed E-state index contributed by atoms with van der Waals surface area (Å²) in [6.07, 6.45) is 4.84. The van der Waals surface area contributed by atoms with Crippen molar-refractivity contribution in [1.82, 2.24) is 9.97 Å². The number of carbonyl (C=O) groups is 1. The molecule has 0 unspecified atom stereocenters. The molecule has 0 aliphatic rings. The summed E-state index contributed by atoms with van der Waals surface area (Å²) in [6, 6.07) is 5.37. The topological polar surface area (TPSA) is 84.9 Å². The minimum absolute atomic E-state index is 0.362. The molecule has 3 aromatic heterocycles. The van der Waals surface area contributed by atoms with E-state index in [4.69, 9.17) is 10.2 Å². The highest BCUT2D eigenvalue weighted by Crippen LogP contribution is 2.28. The number of nitrogens with one attached hydrogen (secondary N) is 1. The lowest BCUT2D eigenvalue weighted by atomic mass is 10.1. The van der Waals surface area contributed by atoms with Crippen molar-refractivity contribution in [2.24, 2.45) is 5.73 Å². The Morgan fingerprint density at radius 1 is 1.41 bits per heavy atom. The second-order valence-corrected chi connectivity index (χ2v) is 3.66. The summed E-state index contributed by atoms with van der Waals surface area (Å²) in [4.78, 5) is 18.2. The van der Waals surface area contributed by atoms with Gasteiger partial charge in [0.2, 0.25) is 0 Å². The second kappa shape index (κ2) is 3.48. The van der Waals surface area contributed by atoms with Gasteiger partial charge in [0.05, 0.1) is 5.56 Å². The summed E-state index contributed by atoms with van der Waals surface area (Å²) in [7, 11) is 0. The van der Waals surface area contributed by atoms with Crippen LogP contribution < -0.4 is 5.73 Å². The Kier molecular flexibility index (Phi) is 1.98. The molecule has 0 saturated heterocycles. The van der Waals surface area contributed by atoms with Crippen LogP contribution in [-0.4, -0.2) is 15.9 Å². The molecule has 0 aliphatic carbocycles. The van der Waals surface area contributed by atoms with Gasteiger partial charge in [0, 0.05) is 23.3 Å². The molecule has 1 amide bonds. The molecule has 0 aliphatic heterocycles. The summed E-state index contributed by atoms with van der Waals surface area (Å²) >= 11 is 0. The summed E-state index contributed by atoms with van der Waals surface area (Å²) in [5, 5.41) is 0.942.